The Bertz CT molecular complexity index is 706. The van der Waals surface area contributed by atoms with Gasteiger partial charge in [0.15, 0.2) is 0 Å². The minimum absolute atomic E-state index is 0.0330. The van der Waals surface area contributed by atoms with Crippen molar-refractivity contribution in [1.29, 1.82) is 0 Å². The van der Waals surface area contributed by atoms with Crippen molar-refractivity contribution in [2.75, 3.05) is 19.3 Å². The predicted octanol–water partition coefficient (Wildman–Crippen LogP) is 9.73. The largest absolute Gasteiger partial charge is 0.387 e. The van der Waals surface area contributed by atoms with Crippen LogP contribution in [0.2, 0.25) is 0 Å². The zero-order valence-electron chi connectivity index (χ0n) is 29.0. The standard InChI is InChI=1S/C36H73N2O5P/c1-3-5-7-9-11-13-15-17-19-21-23-25-27-29-35(39)34(33-43-44(41,42)32-31-37)38-36(40)30-28-26-24-22-20-18-16-14-12-10-8-6-4-2/h27,29,34-35,39H,3-26,28,30-33,37H2,1-2H3,(H,38,40)(H,41,42)/b29-27+/t34-,35+/m0/s1. The van der Waals surface area contributed by atoms with Crippen molar-refractivity contribution in [3.05, 3.63) is 12.2 Å². The van der Waals surface area contributed by atoms with Crippen molar-refractivity contribution < 1.29 is 23.9 Å². The Morgan fingerprint density at radius 3 is 1.57 bits per heavy atom. The number of nitrogens with one attached hydrogen (secondary N) is 1. The molecule has 0 aromatic carbocycles. The van der Waals surface area contributed by atoms with Gasteiger partial charge in [0.25, 0.3) is 0 Å². The second-order valence-corrected chi connectivity index (χ2v) is 14.8. The Hall–Kier alpha value is -0.720. The quantitative estimate of drug-likeness (QED) is 0.0314. The van der Waals surface area contributed by atoms with Gasteiger partial charge < -0.3 is 25.6 Å². The van der Waals surface area contributed by atoms with Crippen LogP contribution >= 0.6 is 7.60 Å². The molecular formula is C36H73N2O5P. The first kappa shape index (κ1) is 43.3. The third kappa shape index (κ3) is 30.0. The molecule has 0 spiro atoms. The highest BCUT2D eigenvalue weighted by atomic mass is 31.2. The Labute approximate surface area is 272 Å². The van der Waals surface area contributed by atoms with E-state index in [-0.39, 0.29) is 25.2 Å². The summed E-state index contributed by atoms with van der Waals surface area (Å²) in [4.78, 5) is 22.6. The number of aliphatic hydroxyl groups is 1. The molecule has 0 aromatic rings. The molecular weight excluding hydrogens is 571 g/mol. The van der Waals surface area contributed by atoms with Crippen LogP contribution in [0.3, 0.4) is 0 Å². The van der Waals surface area contributed by atoms with Crippen molar-refractivity contribution in [2.45, 2.75) is 193 Å². The van der Waals surface area contributed by atoms with Gasteiger partial charge >= 0.3 is 7.60 Å². The van der Waals surface area contributed by atoms with Gasteiger partial charge in [0.05, 0.1) is 24.9 Å². The van der Waals surface area contributed by atoms with Crippen LogP contribution in [0.4, 0.5) is 0 Å². The van der Waals surface area contributed by atoms with Gasteiger partial charge in [0, 0.05) is 13.0 Å². The number of hydrogen-bond donors (Lipinski definition) is 4. The zero-order valence-corrected chi connectivity index (χ0v) is 29.9. The SMILES string of the molecule is CCCCCCCCCCCCC/C=C/[C@@H](O)[C@H](COP(=O)(O)CCN)NC(=O)CCCCCCCCCCCCCCC. The monoisotopic (exact) mass is 645 g/mol. The maximum atomic E-state index is 12.6. The number of allylic oxidation sites excluding steroid dienone is 1. The maximum absolute atomic E-state index is 12.6. The number of unbranched alkanes of at least 4 members (excludes halogenated alkanes) is 23. The second kappa shape index (κ2) is 32.2. The minimum atomic E-state index is -3.85. The summed E-state index contributed by atoms with van der Waals surface area (Å²) in [5.41, 5.74) is 5.42. The number of carbonyl (C=O) groups excluding carboxylic acids is 1. The van der Waals surface area contributed by atoms with Gasteiger partial charge in [-0.05, 0) is 19.3 Å². The van der Waals surface area contributed by atoms with Crippen LogP contribution < -0.4 is 11.1 Å². The van der Waals surface area contributed by atoms with E-state index in [9.17, 15) is 19.4 Å². The summed E-state index contributed by atoms with van der Waals surface area (Å²) in [6.45, 7) is 4.31. The van der Waals surface area contributed by atoms with Crippen LogP contribution in [0, 0.1) is 0 Å². The van der Waals surface area contributed by atoms with Crippen molar-refractivity contribution >= 4 is 13.5 Å². The van der Waals surface area contributed by atoms with E-state index >= 15 is 0 Å². The van der Waals surface area contributed by atoms with Crippen LogP contribution in [0.5, 0.6) is 0 Å². The molecule has 5 N–H and O–H groups in total. The zero-order chi connectivity index (χ0) is 32.6. The second-order valence-electron chi connectivity index (χ2n) is 12.9. The highest BCUT2D eigenvalue weighted by molar-refractivity contribution is 7.52. The molecule has 0 aliphatic heterocycles. The Morgan fingerprint density at radius 1 is 0.727 bits per heavy atom. The molecule has 0 aliphatic carbocycles. The summed E-state index contributed by atoms with van der Waals surface area (Å²) >= 11 is 0. The molecule has 1 amide bonds. The molecule has 262 valence electrons. The lowest BCUT2D eigenvalue weighted by atomic mass is 10.0. The number of carbonyl (C=O) groups is 1. The molecule has 3 atom stereocenters. The summed E-state index contributed by atoms with van der Waals surface area (Å²) in [7, 11) is -3.85. The van der Waals surface area contributed by atoms with Gasteiger partial charge in [-0.1, -0.05) is 167 Å². The van der Waals surface area contributed by atoms with Gasteiger partial charge in [0.2, 0.25) is 5.91 Å². The summed E-state index contributed by atoms with van der Waals surface area (Å²) in [6.07, 6.45) is 34.1. The molecule has 0 radical (unpaired) electrons. The van der Waals surface area contributed by atoms with Crippen LogP contribution in [0.15, 0.2) is 12.2 Å². The normalized spacial score (nSPS) is 14.6. The van der Waals surface area contributed by atoms with E-state index in [0.717, 1.165) is 32.1 Å². The molecule has 0 aromatic heterocycles. The first-order valence-electron chi connectivity index (χ1n) is 18.7. The molecule has 0 aliphatic rings. The molecule has 8 heteroatoms. The van der Waals surface area contributed by atoms with Crippen molar-refractivity contribution in [1.82, 2.24) is 5.32 Å². The fraction of sp³-hybridized carbons (Fsp3) is 0.917. The number of rotatable bonds is 34. The van der Waals surface area contributed by atoms with E-state index in [0.29, 0.717) is 6.42 Å². The smallest absolute Gasteiger partial charge is 0.329 e. The molecule has 0 fully saturated rings. The van der Waals surface area contributed by atoms with Gasteiger partial charge in [-0.15, -0.1) is 0 Å². The molecule has 7 nitrogen and oxygen atoms in total. The van der Waals surface area contributed by atoms with Crippen molar-refractivity contribution in [2.24, 2.45) is 5.73 Å². The molecule has 1 unspecified atom stereocenters. The van der Waals surface area contributed by atoms with Crippen LogP contribution in [-0.4, -0.2) is 47.4 Å². The first-order valence-corrected chi connectivity index (χ1v) is 20.4. The van der Waals surface area contributed by atoms with Crippen molar-refractivity contribution in [3.63, 3.8) is 0 Å². The highest BCUT2D eigenvalue weighted by Gasteiger charge is 2.25. The van der Waals surface area contributed by atoms with Crippen LogP contribution in [0.25, 0.3) is 0 Å². The van der Waals surface area contributed by atoms with E-state index in [1.807, 2.05) is 6.08 Å². The van der Waals surface area contributed by atoms with Crippen LogP contribution in [-0.2, 0) is 13.9 Å². The Morgan fingerprint density at radius 2 is 1.14 bits per heavy atom. The maximum Gasteiger partial charge on any atom is 0.329 e. The molecule has 0 bridgehead atoms. The molecule has 0 rings (SSSR count). The first-order chi connectivity index (χ1) is 21.4. The third-order valence-electron chi connectivity index (χ3n) is 8.44. The third-order valence-corrected chi connectivity index (χ3v) is 9.82. The van der Waals surface area contributed by atoms with Gasteiger partial charge in [-0.2, -0.15) is 0 Å². The summed E-state index contributed by atoms with van der Waals surface area (Å²) in [6, 6.07) is -0.781. The molecule has 0 saturated carbocycles. The lowest BCUT2D eigenvalue weighted by molar-refractivity contribution is -0.122. The lowest BCUT2D eigenvalue weighted by Gasteiger charge is -2.23. The van der Waals surface area contributed by atoms with Gasteiger partial charge in [-0.3, -0.25) is 9.36 Å². The number of aliphatic hydroxyl groups excluding tert-OH is 1. The summed E-state index contributed by atoms with van der Waals surface area (Å²) in [5, 5.41) is 13.6. The fourth-order valence-corrected chi connectivity index (χ4v) is 6.38. The number of amides is 1. The summed E-state index contributed by atoms with van der Waals surface area (Å²) < 4.78 is 17.4. The fourth-order valence-electron chi connectivity index (χ4n) is 5.53. The Kier molecular flexibility index (Phi) is 31.7. The van der Waals surface area contributed by atoms with E-state index in [1.54, 1.807) is 6.08 Å². The topological polar surface area (TPSA) is 122 Å². The average molecular weight is 645 g/mol. The lowest BCUT2D eigenvalue weighted by Crippen LogP contribution is -2.45. The van der Waals surface area contributed by atoms with Gasteiger partial charge in [-0.25, -0.2) is 0 Å². The molecule has 0 heterocycles. The van der Waals surface area contributed by atoms with E-state index in [2.05, 4.69) is 19.2 Å². The Balaban J connectivity index is 4.24. The van der Waals surface area contributed by atoms with E-state index < -0.39 is 19.7 Å². The van der Waals surface area contributed by atoms with Gasteiger partial charge in [0.1, 0.15) is 0 Å². The van der Waals surface area contributed by atoms with E-state index in [1.165, 1.54) is 128 Å². The summed E-state index contributed by atoms with van der Waals surface area (Å²) in [5.74, 6) is -0.161. The van der Waals surface area contributed by atoms with E-state index in [4.69, 9.17) is 10.3 Å². The minimum Gasteiger partial charge on any atom is -0.387 e. The highest BCUT2D eigenvalue weighted by Crippen LogP contribution is 2.41. The van der Waals surface area contributed by atoms with Crippen molar-refractivity contribution in [3.8, 4) is 0 Å². The number of nitrogens with two attached hydrogens (primary N) is 1. The molecule has 0 saturated heterocycles. The number of hydrogen-bond acceptors (Lipinski definition) is 5. The molecule has 44 heavy (non-hydrogen) atoms. The predicted molar refractivity (Wildman–Crippen MR) is 188 cm³/mol. The average Bonchev–Trinajstić information content (AvgIpc) is 2.99. The van der Waals surface area contributed by atoms with Crippen LogP contribution in [0.1, 0.15) is 181 Å².